The standard InChI is InChI=1S/C22H25NO7/c1-26-15-10-17(24)22(20(11-15)27-2)16(12-21(25)23-5-7-28-8-6-23)14-3-4-18-19(9-14)30-13-29-18/h3-4,9-11,16,24H,5-8,12-13H2,1-2H3/t16-/m1/s1. The topological polar surface area (TPSA) is 86.7 Å². The molecule has 2 aliphatic heterocycles. The maximum atomic E-state index is 13.1. The van der Waals surface area contributed by atoms with Crippen molar-refractivity contribution in [2.24, 2.45) is 0 Å². The zero-order valence-electron chi connectivity index (χ0n) is 17.1. The Morgan fingerprint density at radius 3 is 2.60 bits per heavy atom. The van der Waals surface area contributed by atoms with Gasteiger partial charge in [0.25, 0.3) is 0 Å². The molecule has 2 heterocycles. The first-order valence-electron chi connectivity index (χ1n) is 9.80. The first-order valence-corrected chi connectivity index (χ1v) is 9.80. The Morgan fingerprint density at radius 1 is 1.10 bits per heavy atom. The maximum Gasteiger partial charge on any atom is 0.231 e. The fourth-order valence-corrected chi connectivity index (χ4v) is 3.86. The van der Waals surface area contributed by atoms with Crippen LogP contribution in [0.1, 0.15) is 23.5 Å². The van der Waals surface area contributed by atoms with Gasteiger partial charge in [-0.15, -0.1) is 0 Å². The highest BCUT2D eigenvalue weighted by atomic mass is 16.7. The van der Waals surface area contributed by atoms with Crippen molar-refractivity contribution in [3.8, 4) is 28.7 Å². The lowest BCUT2D eigenvalue weighted by molar-refractivity contribution is -0.135. The van der Waals surface area contributed by atoms with Crippen molar-refractivity contribution in [1.82, 2.24) is 4.90 Å². The van der Waals surface area contributed by atoms with E-state index in [0.717, 1.165) is 5.56 Å². The van der Waals surface area contributed by atoms with E-state index in [1.165, 1.54) is 20.3 Å². The van der Waals surface area contributed by atoms with E-state index in [-0.39, 0.29) is 24.9 Å². The van der Waals surface area contributed by atoms with E-state index >= 15 is 0 Å². The van der Waals surface area contributed by atoms with Crippen LogP contribution in [-0.4, -0.2) is 63.2 Å². The molecule has 2 aliphatic rings. The Balaban J connectivity index is 1.75. The van der Waals surface area contributed by atoms with Crippen LogP contribution in [0.3, 0.4) is 0 Å². The predicted octanol–water partition coefficient (Wildman–Crippen LogP) is 2.52. The second-order valence-electron chi connectivity index (χ2n) is 7.13. The van der Waals surface area contributed by atoms with E-state index in [9.17, 15) is 9.90 Å². The lowest BCUT2D eigenvalue weighted by Crippen LogP contribution is -2.41. The van der Waals surface area contributed by atoms with Gasteiger partial charge >= 0.3 is 0 Å². The molecule has 2 aromatic rings. The van der Waals surface area contributed by atoms with Gasteiger partial charge in [0.15, 0.2) is 11.5 Å². The second kappa shape index (κ2) is 8.71. The van der Waals surface area contributed by atoms with Crippen LogP contribution in [0.4, 0.5) is 0 Å². The van der Waals surface area contributed by atoms with Gasteiger partial charge in [0.05, 0.1) is 27.4 Å². The highest BCUT2D eigenvalue weighted by Gasteiger charge is 2.29. The molecule has 0 spiro atoms. The average Bonchev–Trinajstić information content (AvgIpc) is 3.25. The van der Waals surface area contributed by atoms with Gasteiger partial charge in [0.1, 0.15) is 17.2 Å². The Morgan fingerprint density at radius 2 is 1.87 bits per heavy atom. The molecule has 0 unspecified atom stereocenters. The number of hydrogen-bond acceptors (Lipinski definition) is 7. The Labute approximate surface area is 174 Å². The average molecular weight is 415 g/mol. The molecule has 1 saturated heterocycles. The van der Waals surface area contributed by atoms with Crippen molar-refractivity contribution in [3.63, 3.8) is 0 Å². The van der Waals surface area contributed by atoms with Crippen LogP contribution in [0.2, 0.25) is 0 Å². The lowest BCUT2D eigenvalue weighted by atomic mass is 9.86. The molecule has 0 aromatic heterocycles. The number of methoxy groups -OCH3 is 2. The zero-order valence-corrected chi connectivity index (χ0v) is 17.1. The molecule has 30 heavy (non-hydrogen) atoms. The van der Waals surface area contributed by atoms with Crippen LogP contribution in [0.25, 0.3) is 0 Å². The number of phenols is 1. The summed E-state index contributed by atoms with van der Waals surface area (Å²) in [6.45, 7) is 2.32. The van der Waals surface area contributed by atoms with E-state index < -0.39 is 5.92 Å². The molecule has 2 aromatic carbocycles. The molecule has 0 saturated carbocycles. The number of hydrogen-bond donors (Lipinski definition) is 1. The molecular weight excluding hydrogens is 390 g/mol. The summed E-state index contributed by atoms with van der Waals surface area (Å²) in [6, 6.07) is 8.78. The fraction of sp³-hybridized carbons (Fsp3) is 0.409. The third-order valence-electron chi connectivity index (χ3n) is 5.44. The van der Waals surface area contributed by atoms with Crippen LogP contribution in [-0.2, 0) is 9.53 Å². The Kier molecular flexibility index (Phi) is 5.85. The third-order valence-corrected chi connectivity index (χ3v) is 5.44. The van der Waals surface area contributed by atoms with E-state index in [1.54, 1.807) is 11.0 Å². The van der Waals surface area contributed by atoms with Gasteiger partial charge in [-0.05, 0) is 17.7 Å². The minimum absolute atomic E-state index is 0.00337. The quantitative estimate of drug-likeness (QED) is 0.776. The first-order chi connectivity index (χ1) is 14.6. The van der Waals surface area contributed by atoms with Crippen LogP contribution < -0.4 is 18.9 Å². The molecular formula is C22H25NO7. The summed E-state index contributed by atoms with van der Waals surface area (Å²) in [7, 11) is 3.05. The van der Waals surface area contributed by atoms with Crippen LogP contribution >= 0.6 is 0 Å². The largest absolute Gasteiger partial charge is 0.507 e. The number of amides is 1. The highest BCUT2D eigenvalue weighted by Crippen LogP contribution is 2.45. The first kappa shape index (κ1) is 20.2. The normalized spacial score (nSPS) is 16.3. The van der Waals surface area contributed by atoms with E-state index in [0.29, 0.717) is 54.9 Å². The van der Waals surface area contributed by atoms with Crippen molar-refractivity contribution in [3.05, 3.63) is 41.5 Å². The summed E-state index contributed by atoms with van der Waals surface area (Å²) in [5.74, 6) is 1.73. The van der Waals surface area contributed by atoms with Crippen molar-refractivity contribution < 1.29 is 33.6 Å². The molecule has 1 fully saturated rings. The fourth-order valence-electron chi connectivity index (χ4n) is 3.86. The number of morpholine rings is 1. The zero-order chi connectivity index (χ0) is 21.1. The van der Waals surface area contributed by atoms with Crippen LogP contribution in [0.5, 0.6) is 28.7 Å². The summed E-state index contributed by atoms with van der Waals surface area (Å²) in [5.41, 5.74) is 1.35. The molecule has 4 rings (SSSR count). The molecule has 0 radical (unpaired) electrons. The molecule has 1 amide bonds. The molecule has 8 heteroatoms. The molecule has 0 bridgehead atoms. The van der Waals surface area contributed by atoms with Gasteiger partial charge in [-0.25, -0.2) is 0 Å². The van der Waals surface area contributed by atoms with Gasteiger partial charge in [-0.1, -0.05) is 6.07 Å². The summed E-state index contributed by atoms with van der Waals surface area (Å²) in [6.07, 6.45) is 0.163. The van der Waals surface area contributed by atoms with E-state index in [1.807, 2.05) is 18.2 Å². The summed E-state index contributed by atoms with van der Waals surface area (Å²) >= 11 is 0. The number of ether oxygens (including phenoxy) is 5. The molecule has 160 valence electrons. The molecule has 1 atom stereocenters. The van der Waals surface area contributed by atoms with Crippen molar-refractivity contribution in [2.45, 2.75) is 12.3 Å². The summed E-state index contributed by atoms with van der Waals surface area (Å²) in [5, 5.41) is 10.8. The van der Waals surface area contributed by atoms with E-state index in [4.69, 9.17) is 23.7 Å². The molecule has 0 aliphatic carbocycles. The van der Waals surface area contributed by atoms with Gasteiger partial charge in [-0.3, -0.25) is 4.79 Å². The summed E-state index contributed by atoms with van der Waals surface area (Å²) < 4.78 is 27.1. The van der Waals surface area contributed by atoms with Gasteiger partial charge in [0.2, 0.25) is 12.7 Å². The molecule has 1 N–H and O–H groups in total. The van der Waals surface area contributed by atoms with Crippen LogP contribution in [0, 0.1) is 0 Å². The number of phenolic OH excluding ortho intramolecular Hbond substituents is 1. The maximum absolute atomic E-state index is 13.1. The van der Waals surface area contributed by atoms with Gasteiger partial charge < -0.3 is 33.7 Å². The second-order valence-corrected chi connectivity index (χ2v) is 7.13. The van der Waals surface area contributed by atoms with Crippen molar-refractivity contribution in [2.75, 3.05) is 47.3 Å². The predicted molar refractivity (Wildman–Crippen MR) is 108 cm³/mol. The number of aromatic hydroxyl groups is 1. The van der Waals surface area contributed by atoms with Crippen molar-refractivity contribution >= 4 is 5.91 Å². The number of rotatable bonds is 6. The summed E-state index contributed by atoms with van der Waals surface area (Å²) in [4.78, 5) is 14.9. The van der Waals surface area contributed by atoms with Crippen LogP contribution in [0.15, 0.2) is 30.3 Å². The number of carbonyl (C=O) groups is 1. The highest BCUT2D eigenvalue weighted by molar-refractivity contribution is 5.78. The Hall–Kier alpha value is -3.13. The number of nitrogens with zero attached hydrogens (tertiary/aromatic N) is 1. The monoisotopic (exact) mass is 415 g/mol. The number of benzene rings is 2. The van der Waals surface area contributed by atoms with E-state index in [2.05, 4.69) is 0 Å². The minimum Gasteiger partial charge on any atom is -0.507 e. The lowest BCUT2D eigenvalue weighted by Gasteiger charge is -2.29. The Bertz CT molecular complexity index is 924. The van der Waals surface area contributed by atoms with Gasteiger partial charge in [0, 0.05) is 43.1 Å². The molecule has 8 nitrogen and oxygen atoms in total. The van der Waals surface area contributed by atoms with Gasteiger partial charge in [-0.2, -0.15) is 0 Å². The SMILES string of the molecule is COc1cc(O)c([C@H](CC(=O)N2CCOCC2)c2ccc3c(c2)OCO3)c(OC)c1. The minimum atomic E-state index is -0.448. The van der Waals surface area contributed by atoms with Crippen molar-refractivity contribution in [1.29, 1.82) is 0 Å². The smallest absolute Gasteiger partial charge is 0.231 e. The third kappa shape index (κ3) is 3.95. The number of fused-ring (bicyclic) bond motifs is 1. The number of carbonyl (C=O) groups excluding carboxylic acids is 1.